The fourth-order valence-electron chi connectivity index (χ4n) is 0.981. The summed E-state index contributed by atoms with van der Waals surface area (Å²) in [7, 11) is 0. The van der Waals surface area contributed by atoms with Crippen LogP contribution in [0.5, 0.6) is 0 Å². The number of aliphatic carboxylic acids is 1. The molecule has 0 radical (unpaired) electrons. The zero-order valence-electron chi connectivity index (χ0n) is 8.34. The lowest BCUT2D eigenvalue weighted by molar-refractivity contribution is -0.141. The molecule has 0 heterocycles. The van der Waals surface area contributed by atoms with E-state index in [-0.39, 0.29) is 0 Å². The molecule has 0 aliphatic carbocycles. The fraction of sp³-hybridized carbons (Fsp3) is 0.300. The van der Waals surface area contributed by atoms with Crippen molar-refractivity contribution in [2.45, 2.75) is 19.4 Å². The smallest absolute Gasteiger partial charge is 0.328 e. The number of hydrogen-bond acceptors (Lipinski definition) is 2. The Morgan fingerprint density at radius 1 is 1.40 bits per heavy atom. The van der Waals surface area contributed by atoms with E-state index in [1.807, 2.05) is 0 Å². The molecule has 0 atom stereocenters. The maximum atomic E-state index is 10.9. The second kappa shape index (κ2) is 4.29. The van der Waals surface area contributed by atoms with E-state index in [1.54, 1.807) is 32.0 Å². The number of carboxylic acid groups (broad SMARTS) is 1. The number of carbonyl (C=O) groups is 1. The minimum absolute atomic E-state index is 0.400. The lowest BCUT2D eigenvalue weighted by atomic mass is 10.1. The highest BCUT2D eigenvalue weighted by atomic mass is 35.5. The standard InChI is InChI=1S/C10H11Cl2NO2/c1-10(2,9(14)15)13-8-4-3-6(11)5-7(8)12/h3-5,13H,1-2H3,(H,14,15). The molecule has 1 aromatic carbocycles. The molecule has 3 nitrogen and oxygen atoms in total. The molecule has 0 amide bonds. The summed E-state index contributed by atoms with van der Waals surface area (Å²) in [5.74, 6) is -0.950. The number of benzene rings is 1. The molecule has 0 fully saturated rings. The van der Waals surface area contributed by atoms with Gasteiger partial charge in [0, 0.05) is 5.02 Å². The van der Waals surface area contributed by atoms with Crippen molar-refractivity contribution in [2.75, 3.05) is 5.32 Å². The van der Waals surface area contributed by atoms with Crippen molar-refractivity contribution in [1.82, 2.24) is 0 Å². The van der Waals surface area contributed by atoms with Gasteiger partial charge < -0.3 is 10.4 Å². The Morgan fingerprint density at radius 3 is 2.47 bits per heavy atom. The molecule has 15 heavy (non-hydrogen) atoms. The predicted octanol–water partition coefficient (Wildman–Crippen LogP) is 3.27. The maximum absolute atomic E-state index is 10.9. The van der Waals surface area contributed by atoms with E-state index in [2.05, 4.69) is 5.32 Å². The second-order valence-electron chi connectivity index (χ2n) is 3.68. The van der Waals surface area contributed by atoms with Crippen molar-refractivity contribution in [3.63, 3.8) is 0 Å². The molecule has 1 aromatic rings. The Balaban J connectivity index is 2.95. The van der Waals surface area contributed by atoms with Crippen LogP contribution in [0, 0.1) is 0 Å². The van der Waals surface area contributed by atoms with Gasteiger partial charge in [0.1, 0.15) is 5.54 Å². The van der Waals surface area contributed by atoms with Crippen LogP contribution in [0.1, 0.15) is 13.8 Å². The molecule has 0 spiro atoms. The van der Waals surface area contributed by atoms with Gasteiger partial charge >= 0.3 is 5.97 Å². The molecular weight excluding hydrogens is 237 g/mol. The molecule has 0 aromatic heterocycles. The van der Waals surface area contributed by atoms with Crippen molar-refractivity contribution < 1.29 is 9.90 Å². The minimum atomic E-state index is -1.07. The van der Waals surface area contributed by atoms with Gasteiger partial charge in [-0.05, 0) is 32.0 Å². The van der Waals surface area contributed by atoms with Crippen LogP contribution in [0.4, 0.5) is 5.69 Å². The average Bonchev–Trinajstić information content (AvgIpc) is 2.09. The molecule has 5 heteroatoms. The van der Waals surface area contributed by atoms with Gasteiger partial charge in [0.05, 0.1) is 10.7 Å². The van der Waals surface area contributed by atoms with Gasteiger partial charge in [-0.1, -0.05) is 23.2 Å². The van der Waals surface area contributed by atoms with Gasteiger partial charge in [0.2, 0.25) is 0 Å². The van der Waals surface area contributed by atoms with E-state index >= 15 is 0 Å². The van der Waals surface area contributed by atoms with Crippen LogP contribution in [0.25, 0.3) is 0 Å². The monoisotopic (exact) mass is 247 g/mol. The quantitative estimate of drug-likeness (QED) is 0.862. The maximum Gasteiger partial charge on any atom is 0.328 e. The SMILES string of the molecule is CC(C)(Nc1ccc(Cl)cc1Cl)C(=O)O. The highest BCUT2D eigenvalue weighted by Gasteiger charge is 2.27. The van der Waals surface area contributed by atoms with Gasteiger partial charge in [0.15, 0.2) is 0 Å². The van der Waals surface area contributed by atoms with Gasteiger partial charge in [0.25, 0.3) is 0 Å². The predicted molar refractivity (Wildman–Crippen MR) is 61.8 cm³/mol. The Kier molecular flexibility index (Phi) is 3.47. The molecule has 0 unspecified atom stereocenters. The average molecular weight is 248 g/mol. The van der Waals surface area contributed by atoms with Crippen LogP contribution in [0.3, 0.4) is 0 Å². The Bertz CT molecular complexity index is 391. The molecule has 0 aliphatic rings. The summed E-state index contributed by atoms with van der Waals surface area (Å²) in [5, 5.41) is 12.7. The molecule has 2 N–H and O–H groups in total. The normalized spacial score (nSPS) is 11.2. The molecule has 0 saturated carbocycles. The van der Waals surface area contributed by atoms with E-state index < -0.39 is 11.5 Å². The summed E-state index contributed by atoms with van der Waals surface area (Å²) in [6.07, 6.45) is 0. The van der Waals surface area contributed by atoms with Gasteiger partial charge in [-0.3, -0.25) is 0 Å². The van der Waals surface area contributed by atoms with Crippen LogP contribution in [0.15, 0.2) is 18.2 Å². The summed E-state index contributed by atoms with van der Waals surface area (Å²) in [6.45, 7) is 3.11. The van der Waals surface area contributed by atoms with Crippen LogP contribution in [-0.2, 0) is 4.79 Å². The van der Waals surface area contributed by atoms with E-state index in [9.17, 15) is 4.79 Å². The van der Waals surface area contributed by atoms with Crippen LogP contribution in [0.2, 0.25) is 10.0 Å². The third-order valence-electron chi connectivity index (χ3n) is 1.91. The van der Waals surface area contributed by atoms with Crippen LogP contribution in [-0.4, -0.2) is 16.6 Å². The number of anilines is 1. The molecule has 0 aliphatic heterocycles. The van der Waals surface area contributed by atoms with E-state index in [1.165, 1.54) is 0 Å². The molecule has 0 saturated heterocycles. The topological polar surface area (TPSA) is 49.3 Å². The summed E-state index contributed by atoms with van der Waals surface area (Å²) >= 11 is 11.6. The van der Waals surface area contributed by atoms with E-state index in [0.29, 0.717) is 15.7 Å². The van der Waals surface area contributed by atoms with Crippen LogP contribution >= 0.6 is 23.2 Å². The number of rotatable bonds is 3. The van der Waals surface area contributed by atoms with E-state index in [0.717, 1.165) is 0 Å². The Hall–Kier alpha value is -0.930. The van der Waals surface area contributed by atoms with Gasteiger partial charge in [-0.25, -0.2) is 4.79 Å². The zero-order chi connectivity index (χ0) is 11.6. The molecular formula is C10H11Cl2NO2. The molecule has 82 valence electrons. The van der Waals surface area contributed by atoms with Gasteiger partial charge in [-0.2, -0.15) is 0 Å². The summed E-state index contributed by atoms with van der Waals surface area (Å²) in [4.78, 5) is 10.9. The zero-order valence-corrected chi connectivity index (χ0v) is 9.86. The molecule has 1 rings (SSSR count). The Morgan fingerprint density at radius 2 is 2.00 bits per heavy atom. The van der Waals surface area contributed by atoms with Crippen molar-refractivity contribution in [3.8, 4) is 0 Å². The lowest BCUT2D eigenvalue weighted by Gasteiger charge is -2.23. The van der Waals surface area contributed by atoms with Crippen molar-refractivity contribution in [2.24, 2.45) is 0 Å². The summed E-state index contributed by atoms with van der Waals surface area (Å²) in [6, 6.07) is 4.85. The third kappa shape index (κ3) is 3.01. The van der Waals surface area contributed by atoms with Gasteiger partial charge in [-0.15, -0.1) is 0 Å². The minimum Gasteiger partial charge on any atom is -0.480 e. The first-order chi connectivity index (χ1) is 6.83. The third-order valence-corrected chi connectivity index (χ3v) is 2.46. The first kappa shape index (κ1) is 12.1. The first-order valence-electron chi connectivity index (χ1n) is 4.29. The number of hydrogen-bond donors (Lipinski definition) is 2. The largest absolute Gasteiger partial charge is 0.480 e. The van der Waals surface area contributed by atoms with Crippen LogP contribution < -0.4 is 5.32 Å². The highest BCUT2D eigenvalue weighted by Crippen LogP contribution is 2.27. The van der Waals surface area contributed by atoms with E-state index in [4.69, 9.17) is 28.3 Å². The second-order valence-corrected chi connectivity index (χ2v) is 4.52. The number of nitrogens with one attached hydrogen (secondary N) is 1. The van der Waals surface area contributed by atoms with Crippen molar-refractivity contribution in [1.29, 1.82) is 0 Å². The number of carboxylic acids is 1. The summed E-state index contributed by atoms with van der Waals surface area (Å²) < 4.78 is 0. The summed E-state index contributed by atoms with van der Waals surface area (Å²) in [5.41, 5.74) is -0.522. The highest BCUT2D eigenvalue weighted by molar-refractivity contribution is 6.36. The fourth-order valence-corrected chi connectivity index (χ4v) is 1.44. The molecule has 0 bridgehead atoms. The number of halogens is 2. The lowest BCUT2D eigenvalue weighted by Crippen LogP contribution is -2.40. The first-order valence-corrected chi connectivity index (χ1v) is 5.05. The Labute approximate surface area is 98.0 Å². The van der Waals surface area contributed by atoms with Crippen molar-refractivity contribution >= 4 is 34.9 Å². The van der Waals surface area contributed by atoms with Crippen molar-refractivity contribution in [3.05, 3.63) is 28.2 Å².